The third kappa shape index (κ3) is 4.22. The quantitative estimate of drug-likeness (QED) is 0.551. The van der Waals surface area contributed by atoms with Crippen molar-refractivity contribution in [2.75, 3.05) is 0 Å². The van der Waals surface area contributed by atoms with Crippen molar-refractivity contribution < 1.29 is 18.0 Å². The van der Waals surface area contributed by atoms with Gasteiger partial charge in [-0.2, -0.15) is 23.5 Å². The average Bonchev–Trinajstić information content (AvgIpc) is 3.31. The van der Waals surface area contributed by atoms with E-state index in [4.69, 9.17) is 0 Å². The van der Waals surface area contributed by atoms with E-state index in [0.29, 0.717) is 5.01 Å². The highest BCUT2D eigenvalue weighted by molar-refractivity contribution is 7.12. The highest BCUT2D eigenvalue weighted by Crippen LogP contribution is 2.33. The zero-order valence-electron chi connectivity index (χ0n) is 15.9. The summed E-state index contributed by atoms with van der Waals surface area (Å²) < 4.78 is 40.2. The summed E-state index contributed by atoms with van der Waals surface area (Å²) in [5.41, 5.74) is -0.925. The van der Waals surface area contributed by atoms with Crippen molar-refractivity contribution in [3.8, 4) is 11.8 Å². The van der Waals surface area contributed by atoms with Crippen molar-refractivity contribution in [2.45, 2.75) is 38.3 Å². The lowest BCUT2D eigenvalue weighted by Gasteiger charge is -2.14. The Kier molecular flexibility index (Phi) is 5.32. The van der Waals surface area contributed by atoms with Crippen molar-refractivity contribution >= 4 is 17.1 Å². The van der Waals surface area contributed by atoms with E-state index in [-0.39, 0.29) is 16.7 Å². The largest absolute Gasteiger partial charge is 0.433 e. The molecule has 150 valence electrons. The van der Waals surface area contributed by atoms with Crippen LogP contribution in [0.3, 0.4) is 0 Å². The maximum atomic E-state index is 13.2. The molecule has 0 spiro atoms. The Morgan fingerprint density at radius 3 is 2.55 bits per heavy atom. The van der Waals surface area contributed by atoms with Crippen LogP contribution in [0.5, 0.6) is 0 Å². The fourth-order valence-electron chi connectivity index (χ4n) is 2.68. The van der Waals surface area contributed by atoms with Crippen LogP contribution in [0.25, 0.3) is 5.69 Å². The molecule has 5 nitrogen and oxygen atoms in total. The zero-order chi connectivity index (χ0) is 21.4. The highest BCUT2D eigenvalue weighted by atomic mass is 32.1. The molecule has 1 atom stereocenters. The van der Waals surface area contributed by atoms with E-state index in [0.717, 1.165) is 21.8 Å². The average molecular weight is 418 g/mol. The number of halogens is 3. The van der Waals surface area contributed by atoms with Gasteiger partial charge >= 0.3 is 6.18 Å². The van der Waals surface area contributed by atoms with E-state index in [1.165, 1.54) is 35.6 Å². The van der Waals surface area contributed by atoms with Crippen LogP contribution >= 0.6 is 11.3 Å². The number of ketones is 1. The first-order valence-electron chi connectivity index (χ1n) is 8.64. The molecule has 3 aromatic rings. The maximum absolute atomic E-state index is 13.2. The lowest BCUT2D eigenvalue weighted by atomic mass is 9.96. The SMILES string of the molecule is CC(C)(C)c1cnc(C(C#N)C(=O)c2cccc(-n3nccc3C(F)(F)F)c2)s1. The molecule has 29 heavy (non-hydrogen) atoms. The number of benzene rings is 1. The number of hydrogen-bond donors (Lipinski definition) is 0. The molecule has 0 amide bonds. The minimum Gasteiger partial charge on any atom is -0.292 e. The van der Waals surface area contributed by atoms with Gasteiger partial charge in [-0.3, -0.25) is 4.79 Å². The summed E-state index contributed by atoms with van der Waals surface area (Å²) in [4.78, 5) is 18.1. The molecule has 1 aromatic carbocycles. The topological polar surface area (TPSA) is 71.6 Å². The summed E-state index contributed by atoms with van der Waals surface area (Å²) >= 11 is 1.28. The predicted octanol–water partition coefficient (Wildman–Crippen LogP) is 5.14. The van der Waals surface area contributed by atoms with Crippen LogP contribution in [0.4, 0.5) is 13.2 Å². The highest BCUT2D eigenvalue weighted by Gasteiger charge is 2.35. The fourth-order valence-corrected chi connectivity index (χ4v) is 3.70. The standard InChI is InChI=1S/C20H17F3N4OS/c1-19(2,3)16-11-25-18(29-16)14(10-24)17(28)12-5-4-6-13(9-12)27-15(7-8-26-27)20(21,22)23/h4-9,11,14H,1-3H3. The number of aromatic nitrogens is 3. The van der Waals surface area contributed by atoms with Crippen molar-refractivity contribution in [2.24, 2.45) is 0 Å². The summed E-state index contributed by atoms with van der Waals surface area (Å²) in [6, 6.07) is 8.46. The molecule has 0 aliphatic heterocycles. The Morgan fingerprint density at radius 1 is 1.24 bits per heavy atom. The number of thiazole rings is 1. The first kappa shape index (κ1) is 20.7. The molecule has 0 N–H and O–H groups in total. The van der Waals surface area contributed by atoms with Crippen LogP contribution in [-0.2, 0) is 11.6 Å². The molecular formula is C20H17F3N4OS. The molecule has 0 radical (unpaired) electrons. The second-order valence-electron chi connectivity index (χ2n) is 7.42. The molecular weight excluding hydrogens is 401 g/mol. The molecule has 3 rings (SSSR count). The molecule has 2 heterocycles. The molecule has 2 aromatic heterocycles. The second kappa shape index (κ2) is 7.44. The van der Waals surface area contributed by atoms with Crippen molar-refractivity contribution in [1.82, 2.24) is 14.8 Å². The van der Waals surface area contributed by atoms with Gasteiger partial charge in [0.1, 0.15) is 10.7 Å². The van der Waals surface area contributed by atoms with Gasteiger partial charge in [0.25, 0.3) is 0 Å². The van der Waals surface area contributed by atoms with E-state index in [1.54, 1.807) is 6.20 Å². The smallest absolute Gasteiger partial charge is 0.292 e. The van der Waals surface area contributed by atoms with Crippen LogP contribution in [-0.4, -0.2) is 20.5 Å². The number of nitriles is 1. The number of rotatable bonds is 4. The summed E-state index contributed by atoms with van der Waals surface area (Å²) in [5, 5.41) is 13.6. The summed E-state index contributed by atoms with van der Waals surface area (Å²) in [5.74, 6) is -1.66. The van der Waals surface area contributed by atoms with Crippen LogP contribution in [0, 0.1) is 11.3 Å². The van der Waals surface area contributed by atoms with Gasteiger partial charge in [-0.1, -0.05) is 32.9 Å². The summed E-state index contributed by atoms with van der Waals surface area (Å²) in [6.45, 7) is 6.00. The number of carbonyl (C=O) groups excluding carboxylic acids is 1. The molecule has 0 fully saturated rings. The fraction of sp³-hybridized carbons (Fsp3) is 0.300. The molecule has 0 aliphatic rings. The third-order valence-corrected chi connectivity index (χ3v) is 5.70. The zero-order valence-corrected chi connectivity index (χ0v) is 16.7. The van der Waals surface area contributed by atoms with Crippen LogP contribution in [0.1, 0.15) is 52.6 Å². The number of Topliss-reactive ketones (excluding diaryl/α,β-unsaturated/α-hetero) is 1. The normalized spacial score (nSPS) is 13.1. The number of alkyl halides is 3. The van der Waals surface area contributed by atoms with Gasteiger partial charge in [0.2, 0.25) is 0 Å². The molecule has 0 saturated heterocycles. The monoisotopic (exact) mass is 418 g/mol. The first-order valence-corrected chi connectivity index (χ1v) is 9.45. The van der Waals surface area contributed by atoms with E-state index in [2.05, 4.69) is 10.1 Å². The summed E-state index contributed by atoms with van der Waals surface area (Å²) in [7, 11) is 0. The predicted molar refractivity (Wildman–Crippen MR) is 102 cm³/mol. The minimum atomic E-state index is -4.59. The van der Waals surface area contributed by atoms with Gasteiger partial charge < -0.3 is 0 Å². The van der Waals surface area contributed by atoms with Crippen molar-refractivity contribution in [1.29, 1.82) is 5.26 Å². The molecule has 0 bridgehead atoms. The molecule has 0 aliphatic carbocycles. The van der Waals surface area contributed by atoms with E-state index in [1.807, 2.05) is 26.8 Å². The van der Waals surface area contributed by atoms with Gasteiger partial charge in [0.05, 0.1) is 18.0 Å². The number of hydrogen-bond acceptors (Lipinski definition) is 5. The van der Waals surface area contributed by atoms with Crippen LogP contribution < -0.4 is 0 Å². The van der Waals surface area contributed by atoms with Crippen molar-refractivity contribution in [3.63, 3.8) is 0 Å². The molecule has 9 heteroatoms. The Morgan fingerprint density at radius 2 is 1.97 bits per heavy atom. The van der Waals surface area contributed by atoms with Crippen LogP contribution in [0.2, 0.25) is 0 Å². The maximum Gasteiger partial charge on any atom is 0.433 e. The van der Waals surface area contributed by atoms with E-state index >= 15 is 0 Å². The summed E-state index contributed by atoms with van der Waals surface area (Å²) in [6.07, 6.45) is -1.90. The number of nitrogens with zero attached hydrogens (tertiary/aromatic N) is 4. The Bertz CT molecular complexity index is 1090. The minimum absolute atomic E-state index is 0.0828. The van der Waals surface area contributed by atoms with Gasteiger partial charge in [0.15, 0.2) is 11.7 Å². The lowest BCUT2D eigenvalue weighted by Crippen LogP contribution is -2.15. The van der Waals surface area contributed by atoms with Gasteiger partial charge in [0, 0.05) is 16.6 Å². The Balaban J connectivity index is 1.96. The molecule has 1 unspecified atom stereocenters. The Hall–Kier alpha value is -2.99. The lowest BCUT2D eigenvalue weighted by molar-refractivity contribution is -0.142. The Labute approximate surface area is 169 Å². The van der Waals surface area contributed by atoms with Crippen molar-refractivity contribution in [3.05, 3.63) is 63.9 Å². The van der Waals surface area contributed by atoms with Gasteiger partial charge in [-0.05, 0) is 23.6 Å². The van der Waals surface area contributed by atoms with Crippen LogP contribution in [0.15, 0.2) is 42.7 Å². The van der Waals surface area contributed by atoms with Gasteiger partial charge in [-0.15, -0.1) is 11.3 Å². The number of carbonyl (C=O) groups is 1. The molecule has 0 saturated carbocycles. The van der Waals surface area contributed by atoms with Gasteiger partial charge in [-0.25, -0.2) is 9.67 Å². The van der Waals surface area contributed by atoms with E-state index in [9.17, 15) is 23.2 Å². The third-order valence-electron chi connectivity index (χ3n) is 4.21. The van der Waals surface area contributed by atoms with E-state index < -0.39 is 23.6 Å². The second-order valence-corrected chi connectivity index (χ2v) is 8.48. The first-order chi connectivity index (χ1) is 13.5.